The number of ether oxygens (including phenoxy) is 1. The lowest BCUT2D eigenvalue weighted by molar-refractivity contribution is 0.415. The van der Waals surface area contributed by atoms with Crippen LogP contribution < -0.4 is 4.74 Å². The van der Waals surface area contributed by atoms with Gasteiger partial charge in [-0.25, -0.2) is 0 Å². The normalized spacial score (nSPS) is 11.0. The standard InChI is InChI=1S/C16H13ClN2O2S.C10H9ClN2O/c1-12-2-8-16(9-3-12)22(20,21)19-11-14(10-18-19)13-4-6-15(17)7-5-13;1-14-10-3-2-7(4-9(10)11)8-5-12-13-6-8/h2-11H,1H3;2-6H,1H3,(H,12,13). The van der Waals surface area contributed by atoms with Crippen LogP contribution >= 0.6 is 23.2 Å². The zero-order valence-electron chi connectivity index (χ0n) is 19.4. The van der Waals surface area contributed by atoms with Gasteiger partial charge in [0.15, 0.2) is 0 Å². The highest BCUT2D eigenvalue weighted by Gasteiger charge is 2.18. The van der Waals surface area contributed by atoms with Gasteiger partial charge in [-0.2, -0.15) is 22.7 Å². The van der Waals surface area contributed by atoms with Gasteiger partial charge in [0.05, 0.1) is 35.6 Å². The van der Waals surface area contributed by atoms with E-state index in [4.69, 9.17) is 27.9 Å². The van der Waals surface area contributed by atoms with Crippen molar-refractivity contribution in [3.8, 4) is 28.0 Å². The third kappa shape index (κ3) is 5.79. The minimum Gasteiger partial charge on any atom is -0.495 e. The molecule has 0 atom stereocenters. The second-order valence-electron chi connectivity index (χ2n) is 7.76. The third-order valence-electron chi connectivity index (χ3n) is 5.29. The number of nitrogens with zero attached hydrogens (tertiary/aromatic N) is 3. The van der Waals surface area contributed by atoms with E-state index in [1.54, 1.807) is 49.7 Å². The molecule has 0 saturated carbocycles. The fourth-order valence-corrected chi connectivity index (χ4v) is 4.80. The molecule has 1 N–H and O–H groups in total. The maximum atomic E-state index is 12.5. The number of halogens is 2. The van der Waals surface area contributed by atoms with Crippen LogP contribution in [0.25, 0.3) is 22.3 Å². The van der Waals surface area contributed by atoms with Crippen LogP contribution in [0.2, 0.25) is 10.0 Å². The summed E-state index contributed by atoms with van der Waals surface area (Å²) < 4.78 is 31.1. The Balaban J connectivity index is 0.000000187. The van der Waals surface area contributed by atoms with Gasteiger partial charge in [-0.1, -0.05) is 59.1 Å². The lowest BCUT2D eigenvalue weighted by Gasteiger charge is -2.04. The number of aryl methyl sites for hydroxylation is 1. The SMILES string of the molecule is COc1ccc(-c2cn[nH]c2)cc1Cl.Cc1ccc(S(=O)(=O)n2cc(-c3ccc(Cl)cc3)cn2)cc1. The van der Waals surface area contributed by atoms with E-state index in [1.165, 1.54) is 12.4 Å². The zero-order chi connectivity index (χ0) is 25.7. The Hall–Kier alpha value is -3.59. The molecule has 5 rings (SSSR count). The van der Waals surface area contributed by atoms with Gasteiger partial charge >= 0.3 is 0 Å². The number of hydrogen-bond acceptors (Lipinski definition) is 5. The van der Waals surface area contributed by atoms with Gasteiger partial charge in [0.1, 0.15) is 5.75 Å². The van der Waals surface area contributed by atoms with E-state index in [0.717, 1.165) is 26.3 Å². The van der Waals surface area contributed by atoms with Gasteiger partial charge in [-0.05, 0) is 54.4 Å². The third-order valence-corrected chi connectivity index (χ3v) is 7.39. The lowest BCUT2D eigenvalue weighted by Crippen LogP contribution is -2.13. The predicted octanol–water partition coefficient (Wildman–Crippen LogP) is 6.49. The zero-order valence-corrected chi connectivity index (χ0v) is 21.7. The summed E-state index contributed by atoms with van der Waals surface area (Å²) >= 11 is 11.8. The quantitative estimate of drug-likeness (QED) is 0.275. The molecule has 0 amide bonds. The van der Waals surface area contributed by atoms with E-state index in [9.17, 15) is 8.42 Å². The van der Waals surface area contributed by atoms with Crippen molar-refractivity contribution in [1.82, 2.24) is 19.4 Å². The van der Waals surface area contributed by atoms with Crippen molar-refractivity contribution < 1.29 is 13.2 Å². The molecule has 0 fully saturated rings. The summed E-state index contributed by atoms with van der Waals surface area (Å²) in [6, 6.07) is 19.5. The highest BCUT2D eigenvalue weighted by Crippen LogP contribution is 2.29. The van der Waals surface area contributed by atoms with Crippen molar-refractivity contribution in [2.75, 3.05) is 7.11 Å². The summed E-state index contributed by atoms with van der Waals surface area (Å²) in [4.78, 5) is 0.212. The van der Waals surface area contributed by atoms with E-state index in [-0.39, 0.29) is 4.90 Å². The number of methoxy groups -OCH3 is 1. The molecule has 0 radical (unpaired) electrons. The molecule has 5 aromatic rings. The average Bonchev–Trinajstić information content (AvgIpc) is 3.58. The van der Waals surface area contributed by atoms with Crippen LogP contribution in [0.1, 0.15) is 5.56 Å². The van der Waals surface area contributed by atoms with Crippen LogP contribution in [0.3, 0.4) is 0 Å². The Morgan fingerprint density at radius 1 is 0.861 bits per heavy atom. The molecule has 2 aromatic heterocycles. The highest BCUT2D eigenvalue weighted by molar-refractivity contribution is 7.89. The van der Waals surface area contributed by atoms with Gasteiger partial charge in [-0.3, -0.25) is 5.10 Å². The number of benzene rings is 3. The molecular weight excluding hydrogens is 519 g/mol. The maximum Gasteiger partial charge on any atom is 0.282 e. The predicted molar refractivity (Wildman–Crippen MR) is 142 cm³/mol. The first kappa shape index (κ1) is 25.5. The first-order valence-corrected chi connectivity index (χ1v) is 12.9. The molecule has 0 unspecified atom stereocenters. The monoisotopic (exact) mass is 540 g/mol. The summed E-state index contributed by atoms with van der Waals surface area (Å²) in [7, 11) is -2.08. The Bertz CT molecular complexity index is 1550. The van der Waals surface area contributed by atoms with E-state index in [1.807, 2.05) is 43.5 Å². The van der Waals surface area contributed by atoms with E-state index in [0.29, 0.717) is 21.4 Å². The number of hydrogen-bond donors (Lipinski definition) is 1. The molecule has 36 heavy (non-hydrogen) atoms. The molecule has 0 saturated heterocycles. The van der Waals surface area contributed by atoms with Crippen LogP contribution in [0, 0.1) is 6.92 Å². The lowest BCUT2D eigenvalue weighted by atomic mass is 10.1. The number of aromatic nitrogens is 4. The topological polar surface area (TPSA) is 89.9 Å². The second kappa shape index (κ2) is 11.0. The van der Waals surface area contributed by atoms with Crippen LogP contribution in [-0.2, 0) is 10.0 Å². The summed E-state index contributed by atoms with van der Waals surface area (Å²) in [5, 5.41) is 11.8. The summed E-state index contributed by atoms with van der Waals surface area (Å²) in [5.74, 6) is 0.680. The van der Waals surface area contributed by atoms with Gasteiger partial charge in [0.25, 0.3) is 10.0 Å². The molecule has 0 aliphatic carbocycles. The van der Waals surface area contributed by atoms with Crippen molar-refractivity contribution in [2.24, 2.45) is 0 Å². The van der Waals surface area contributed by atoms with Gasteiger partial charge < -0.3 is 4.74 Å². The Labute approximate surface area is 219 Å². The number of aromatic amines is 1. The minimum absolute atomic E-state index is 0.212. The number of rotatable bonds is 5. The Morgan fingerprint density at radius 3 is 2.17 bits per heavy atom. The molecule has 0 spiro atoms. The van der Waals surface area contributed by atoms with Crippen molar-refractivity contribution in [2.45, 2.75) is 11.8 Å². The highest BCUT2D eigenvalue weighted by atomic mass is 35.5. The fourth-order valence-electron chi connectivity index (χ4n) is 3.30. The van der Waals surface area contributed by atoms with Crippen LogP contribution in [0.15, 0.2) is 96.4 Å². The molecule has 0 aliphatic rings. The molecule has 3 aromatic carbocycles. The first-order valence-electron chi connectivity index (χ1n) is 10.7. The Kier molecular flexibility index (Phi) is 7.79. The van der Waals surface area contributed by atoms with Crippen molar-refractivity contribution in [1.29, 1.82) is 0 Å². The van der Waals surface area contributed by atoms with E-state index < -0.39 is 10.0 Å². The molecule has 184 valence electrons. The second-order valence-corrected chi connectivity index (χ2v) is 10.4. The van der Waals surface area contributed by atoms with Gasteiger partial charge in [-0.15, -0.1) is 0 Å². The molecule has 0 aliphatic heterocycles. The van der Waals surface area contributed by atoms with Crippen LogP contribution in [0.4, 0.5) is 0 Å². The molecule has 10 heteroatoms. The van der Waals surface area contributed by atoms with Gasteiger partial charge in [0, 0.05) is 22.3 Å². The number of nitrogens with one attached hydrogen (secondary N) is 1. The van der Waals surface area contributed by atoms with Crippen LogP contribution in [-0.4, -0.2) is 34.9 Å². The summed E-state index contributed by atoms with van der Waals surface area (Å²) in [6.45, 7) is 1.91. The van der Waals surface area contributed by atoms with E-state index in [2.05, 4.69) is 15.3 Å². The molecule has 7 nitrogen and oxygen atoms in total. The molecule has 2 heterocycles. The van der Waals surface area contributed by atoms with Crippen molar-refractivity contribution in [3.63, 3.8) is 0 Å². The largest absolute Gasteiger partial charge is 0.495 e. The van der Waals surface area contributed by atoms with Gasteiger partial charge in [0.2, 0.25) is 0 Å². The van der Waals surface area contributed by atoms with Crippen LogP contribution in [0.5, 0.6) is 5.75 Å². The fraction of sp³-hybridized carbons (Fsp3) is 0.0769. The minimum atomic E-state index is -3.67. The van der Waals surface area contributed by atoms with Crippen molar-refractivity contribution >= 4 is 33.2 Å². The smallest absolute Gasteiger partial charge is 0.282 e. The molecular formula is C26H22Cl2N4O3S. The van der Waals surface area contributed by atoms with E-state index >= 15 is 0 Å². The summed E-state index contributed by atoms with van der Waals surface area (Å²) in [5.41, 5.74) is 4.60. The number of H-pyrrole nitrogens is 1. The molecule has 0 bridgehead atoms. The first-order chi connectivity index (χ1) is 17.3. The Morgan fingerprint density at radius 2 is 1.56 bits per heavy atom. The average molecular weight is 541 g/mol. The maximum absolute atomic E-state index is 12.5. The van der Waals surface area contributed by atoms with Crippen molar-refractivity contribution in [3.05, 3.63) is 107 Å². The summed E-state index contributed by atoms with van der Waals surface area (Å²) in [6.07, 6.45) is 6.59.